The van der Waals surface area contributed by atoms with Crippen molar-refractivity contribution in [3.8, 4) is 0 Å². The van der Waals surface area contributed by atoms with Crippen LogP contribution in [0.3, 0.4) is 0 Å². The van der Waals surface area contributed by atoms with Crippen LogP contribution in [0, 0.1) is 0 Å². The predicted octanol–water partition coefficient (Wildman–Crippen LogP) is 16.8. The second kappa shape index (κ2) is 54.4. The maximum absolute atomic E-state index is 10.3. The Bertz CT molecular complexity index is 811. The first-order valence-corrected chi connectivity index (χ1v) is 28.9. The highest BCUT2D eigenvalue weighted by molar-refractivity contribution is 4.80. The van der Waals surface area contributed by atoms with Gasteiger partial charge < -0.3 is 29.9 Å². The highest BCUT2D eigenvalue weighted by atomic mass is 16.5. The smallest absolute Gasteiger partial charge is 0.111 e. The van der Waals surface area contributed by atoms with E-state index in [1.807, 2.05) is 0 Å². The molecule has 6 nitrogen and oxygen atoms in total. The molecule has 0 aliphatic heterocycles. The molecule has 0 saturated carbocycles. The van der Waals surface area contributed by atoms with E-state index < -0.39 is 24.4 Å². The Kier molecular flexibility index (Phi) is 54.2. The maximum Gasteiger partial charge on any atom is 0.111 e. The molecule has 0 heterocycles. The van der Waals surface area contributed by atoms with Gasteiger partial charge in [0, 0.05) is 13.2 Å². The number of hydrogen-bond donors (Lipinski definition) is 4. The molecule has 0 bridgehead atoms. The Morgan fingerprint density at radius 3 is 0.524 bits per heavy atom. The number of aliphatic hydroxyl groups is 4. The Morgan fingerprint density at radius 2 is 0.365 bits per heavy atom. The predicted molar refractivity (Wildman–Crippen MR) is 274 cm³/mol. The maximum atomic E-state index is 10.3. The van der Waals surface area contributed by atoms with Gasteiger partial charge in [-0.1, -0.05) is 303 Å². The van der Waals surface area contributed by atoms with Gasteiger partial charge in [-0.3, -0.25) is 0 Å². The molecule has 0 spiro atoms. The summed E-state index contributed by atoms with van der Waals surface area (Å²) in [6, 6.07) is 0. The van der Waals surface area contributed by atoms with Crippen molar-refractivity contribution in [2.75, 3.05) is 26.4 Å². The van der Waals surface area contributed by atoms with E-state index in [9.17, 15) is 20.4 Å². The zero-order chi connectivity index (χ0) is 45.8. The van der Waals surface area contributed by atoms with Crippen molar-refractivity contribution < 1.29 is 29.9 Å². The summed E-state index contributed by atoms with van der Waals surface area (Å²) in [6.07, 6.45) is 58.9. The SMILES string of the molecule is CCCCCCCCCCCCCCCCCCCCCCCCCCCCCCCCCOCC(O)C(O)C(O)C(O)COCCCCCCCCCCCCCCCCCC. The quantitative estimate of drug-likeness (QED) is 0.0454. The Hall–Kier alpha value is -0.240. The first-order valence-electron chi connectivity index (χ1n) is 28.9. The van der Waals surface area contributed by atoms with Crippen molar-refractivity contribution >= 4 is 0 Å². The van der Waals surface area contributed by atoms with E-state index in [0.29, 0.717) is 13.2 Å². The molecule has 0 aromatic heterocycles. The van der Waals surface area contributed by atoms with E-state index in [4.69, 9.17) is 9.47 Å². The first-order chi connectivity index (χ1) is 31.0. The number of rotatable bonds is 56. The second-order valence-electron chi connectivity index (χ2n) is 20.2. The average molecular weight is 898 g/mol. The Labute approximate surface area is 395 Å². The number of aliphatic hydroxyl groups excluding tert-OH is 4. The van der Waals surface area contributed by atoms with Crippen molar-refractivity contribution in [1.29, 1.82) is 0 Å². The minimum Gasteiger partial charge on any atom is -0.388 e. The third-order valence-electron chi connectivity index (χ3n) is 13.8. The molecule has 0 rings (SSSR count). The lowest BCUT2D eigenvalue weighted by atomic mass is 10.0. The molecule has 0 radical (unpaired) electrons. The van der Waals surface area contributed by atoms with Gasteiger partial charge in [0.15, 0.2) is 0 Å². The van der Waals surface area contributed by atoms with E-state index in [1.165, 1.54) is 276 Å². The van der Waals surface area contributed by atoms with Crippen molar-refractivity contribution in [3.63, 3.8) is 0 Å². The van der Waals surface area contributed by atoms with E-state index in [-0.39, 0.29) is 13.2 Å². The van der Waals surface area contributed by atoms with Crippen LogP contribution in [0.4, 0.5) is 0 Å². The normalized spacial score (nSPS) is 13.8. The van der Waals surface area contributed by atoms with Crippen molar-refractivity contribution in [2.45, 2.75) is 340 Å². The van der Waals surface area contributed by atoms with Crippen LogP contribution in [0.2, 0.25) is 0 Å². The molecule has 0 aromatic rings. The van der Waals surface area contributed by atoms with E-state index >= 15 is 0 Å². The number of hydrogen-bond acceptors (Lipinski definition) is 6. The van der Waals surface area contributed by atoms with Gasteiger partial charge >= 0.3 is 0 Å². The van der Waals surface area contributed by atoms with Crippen LogP contribution in [-0.2, 0) is 9.47 Å². The average Bonchev–Trinajstić information content (AvgIpc) is 3.29. The lowest BCUT2D eigenvalue weighted by molar-refractivity contribution is -0.134. The summed E-state index contributed by atoms with van der Waals surface area (Å²) in [5.41, 5.74) is 0. The van der Waals surface area contributed by atoms with Gasteiger partial charge in [0.05, 0.1) is 13.2 Å². The second-order valence-corrected chi connectivity index (χ2v) is 20.2. The fraction of sp³-hybridized carbons (Fsp3) is 1.00. The summed E-state index contributed by atoms with van der Waals surface area (Å²) in [5, 5.41) is 41.2. The van der Waals surface area contributed by atoms with Crippen molar-refractivity contribution in [3.05, 3.63) is 0 Å². The summed E-state index contributed by atoms with van der Waals surface area (Å²) in [6.45, 7) is 5.54. The molecular formula is C57H116O6. The zero-order valence-electron chi connectivity index (χ0n) is 43.0. The van der Waals surface area contributed by atoms with Crippen LogP contribution < -0.4 is 0 Å². The first kappa shape index (κ1) is 62.8. The Balaban J connectivity index is 3.36. The fourth-order valence-corrected chi connectivity index (χ4v) is 9.22. The van der Waals surface area contributed by atoms with Crippen LogP contribution in [0.25, 0.3) is 0 Å². The standard InChI is InChI=1S/C57H116O6/c1-3-5-7-9-11-13-15-17-19-21-22-23-24-25-26-27-28-29-30-31-32-33-34-35-37-39-41-43-45-47-49-51-63-53-55(59)57(61)56(60)54(58)52-62-50-48-46-44-42-40-38-36-20-18-16-14-12-10-8-6-4-2/h54-61H,3-53H2,1-2H3. The lowest BCUT2D eigenvalue weighted by Crippen LogP contribution is -2.47. The fourth-order valence-electron chi connectivity index (χ4n) is 9.22. The van der Waals surface area contributed by atoms with Crippen molar-refractivity contribution in [2.24, 2.45) is 0 Å². The molecule has 6 heteroatoms. The van der Waals surface area contributed by atoms with Crippen LogP contribution in [0.5, 0.6) is 0 Å². The molecule has 0 fully saturated rings. The highest BCUT2D eigenvalue weighted by Crippen LogP contribution is 2.18. The highest BCUT2D eigenvalue weighted by Gasteiger charge is 2.30. The van der Waals surface area contributed by atoms with Gasteiger partial charge in [0.2, 0.25) is 0 Å². The molecule has 0 aliphatic carbocycles. The molecule has 380 valence electrons. The molecule has 4 atom stereocenters. The lowest BCUT2D eigenvalue weighted by Gasteiger charge is -2.26. The van der Waals surface area contributed by atoms with Gasteiger partial charge in [0.1, 0.15) is 24.4 Å². The van der Waals surface area contributed by atoms with Crippen LogP contribution in [0.1, 0.15) is 316 Å². The van der Waals surface area contributed by atoms with E-state index in [1.54, 1.807) is 0 Å². The van der Waals surface area contributed by atoms with E-state index in [2.05, 4.69) is 13.8 Å². The summed E-state index contributed by atoms with van der Waals surface area (Å²) >= 11 is 0. The van der Waals surface area contributed by atoms with Crippen LogP contribution in [0.15, 0.2) is 0 Å². The molecule has 0 saturated heterocycles. The molecule has 0 amide bonds. The monoisotopic (exact) mass is 897 g/mol. The number of unbranched alkanes of at least 4 members (excludes halogenated alkanes) is 45. The largest absolute Gasteiger partial charge is 0.388 e. The minimum atomic E-state index is -1.47. The van der Waals surface area contributed by atoms with Crippen LogP contribution in [-0.4, -0.2) is 71.3 Å². The number of ether oxygens (including phenoxy) is 2. The summed E-state index contributed by atoms with van der Waals surface area (Å²) in [5.74, 6) is 0. The van der Waals surface area contributed by atoms with Gasteiger partial charge in [-0.25, -0.2) is 0 Å². The topological polar surface area (TPSA) is 99.4 Å². The Morgan fingerprint density at radius 1 is 0.222 bits per heavy atom. The zero-order valence-corrected chi connectivity index (χ0v) is 43.0. The van der Waals surface area contributed by atoms with Gasteiger partial charge in [-0.15, -0.1) is 0 Å². The van der Waals surface area contributed by atoms with Gasteiger partial charge in [0.25, 0.3) is 0 Å². The summed E-state index contributed by atoms with van der Waals surface area (Å²) in [7, 11) is 0. The molecule has 4 unspecified atom stereocenters. The van der Waals surface area contributed by atoms with Gasteiger partial charge in [-0.05, 0) is 12.8 Å². The van der Waals surface area contributed by atoms with E-state index in [0.717, 1.165) is 25.7 Å². The third-order valence-corrected chi connectivity index (χ3v) is 13.8. The van der Waals surface area contributed by atoms with Crippen molar-refractivity contribution in [1.82, 2.24) is 0 Å². The summed E-state index contributed by atoms with van der Waals surface area (Å²) in [4.78, 5) is 0. The molecule has 0 aromatic carbocycles. The molecule has 0 aliphatic rings. The minimum absolute atomic E-state index is 0.0510. The molecule has 63 heavy (non-hydrogen) atoms. The third kappa shape index (κ3) is 49.5. The summed E-state index contributed by atoms with van der Waals surface area (Å²) < 4.78 is 11.1. The van der Waals surface area contributed by atoms with Crippen LogP contribution >= 0.6 is 0 Å². The van der Waals surface area contributed by atoms with Gasteiger partial charge in [-0.2, -0.15) is 0 Å². The molecule has 4 N–H and O–H groups in total. The molecular weight excluding hydrogens is 781 g/mol.